The molecule has 2 heterocycles. The van der Waals surface area contributed by atoms with Crippen LogP contribution in [0.1, 0.15) is 31.2 Å². The average molecular weight is 355 g/mol. The van der Waals surface area contributed by atoms with Crippen molar-refractivity contribution in [3.8, 4) is 17.4 Å². The molecule has 1 aromatic heterocycles. The molecule has 6 nitrogen and oxygen atoms in total. The summed E-state index contributed by atoms with van der Waals surface area (Å²) in [6.45, 7) is 3.62. The molecule has 1 aliphatic heterocycles. The Kier molecular flexibility index (Phi) is 5.94. The van der Waals surface area contributed by atoms with Gasteiger partial charge in [0.05, 0.1) is 19.0 Å². The van der Waals surface area contributed by atoms with Gasteiger partial charge in [-0.1, -0.05) is 18.9 Å². The predicted octanol–water partition coefficient (Wildman–Crippen LogP) is 4.60. The number of methoxy groups -OCH3 is 1. The van der Waals surface area contributed by atoms with Crippen molar-refractivity contribution in [2.45, 2.75) is 32.6 Å². The lowest BCUT2D eigenvalue weighted by Crippen LogP contribution is -2.35. The second kappa shape index (κ2) is 8.56. The molecule has 1 saturated heterocycles. The molecule has 1 aliphatic rings. The number of hydrogen-bond acceptors (Lipinski definition) is 4. The normalized spacial score (nSPS) is 14.5. The third-order valence-corrected chi connectivity index (χ3v) is 4.41. The fraction of sp³-hybridized carbons (Fsp3) is 0.400. The van der Waals surface area contributed by atoms with Crippen LogP contribution in [0.5, 0.6) is 17.4 Å². The van der Waals surface area contributed by atoms with Crippen molar-refractivity contribution in [2.75, 3.05) is 25.5 Å². The van der Waals surface area contributed by atoms with Crippen LogP contribution in [0.2, 0.25) is 0 Å². The topological polar surface area (TPSA) is 63.7 Å². The van der Waals surface area contributed by atoms with Gasteiger partial charge < -0.3 is 19.7 Å². The summed E-state index contributed by atoms with van der Waals surface area (Å²) in [5, 5.41) is 2.90. The van der Waals surface area contributed by atoms with Gasteiger partial charge in [0.25, 0.3) is 0 Å². The summed E-state index contributed by atoms with van der Waals surface area (Å²) >= 11 is 0. The molecule has 26 heavy (non-hydrogen) atoms. The van der Waals surface area contributed by atoms with Gasteiger partial charge in [0, 0.05) is 19.2 Å². The van der Waals surface area contributed by atoms with Crippen LogP contribution in [0.25, 0.3) is 0 Å². The minimum absolute atomic E-state index is 0.0671. The first-order chi connectivity index (χ1) is 12.7. The molecule has 0 bridgehead atoms. The standard InChI is InChI=1S/C20H25N3O3/c1-15-7-9-17(18(13-15)25-2)26-19-10-8-16(14-21-19)22-20(24)23-11-5-3-4-6-12-23/h7-10,13-14H,3-6,11-12H2,1-2H3,(H,22,24). The third kappa shape index (κ3) is 4.65. The molecule has 3 rings (SSSR count). The first kappa shape index (κ1) is 18.0. The Hall–Kier alpha value is -2.76. The van der Waals surface area contributed by atoms with Gasteiger partial charge in [0.15, 0.2) is 11.5 Å². The van der Waals surface area contributed by atoms with Crippen molar-refractivity contribution in [1.29, 1.82) is 0 Å². The van der Waals surface area contributed by atoms with Gasteiger partial charge >= 0.3 is 6.03 Å². The zero-order valence-electron chi connectivity index (χ0n) is 15.3. The zero-order valence-corrected chi connectivity index (χ0v) is 15.3. The molecule has 2 amide bonds. The largest absolute Gasteiger partial charge is 0.493 e. The molecule has 1 N–H and O–H groups in total. The van der Waals surface area contributed by atoms with E-state index < -0.39 is 0 Å². The molecule has 0 atom stereocenters. The van der Waals surface area contributed by atoms with Gasteiger partial charge in [-0.2, -0.15) is 0 Å². The smallest absolute Gasteiger partial charge is 0.321 e. The van der Waals surface area contributed by atoms with E-state index in [9.17, 15) is 4.79 Å². The van der Waals surface area contributed by atoms with E-state index in [-0.39, 0.29) is 6.03 Å². The molecule has 6 heteroatoms. The highest BCUT2D eigenvalue weighted by atomic mass is 16.5. The number of aryl methyl sites for hydroxylation is 1. The average Bonchev–Trinajstić information content (AvgIpc) is 2.94. The number of aromatic nitrogens is 1. The zero-order chi connectivity index (χ0) is 18.4. The number of ether oxygens (including phenoxy) is 2. The van der Waals surface area contributed by atoms with E-state index >= 15 is 0 Å². The lowest BCUT2D eigenvalue weighted by molar-refractivity contribution is 0.213. The molecule has 0 saturated carbocycles. The molecule has 0 unspecified atom stereocenters. The van der Waals surface area contributed by atoms with Crippen molar-refractivity contribution in [1.82, 2.24) is 9.88 Å². The predicted molar refractivity (Wildman–Crippen MR) is 101 cm³/mol. The van der Waals surface area contributed by atoms with Crippen molar-refractivity contribution in [2.24, 2.45) is 0 Å². The lowest BCUT2D eigenvalue weighted by Gasteiger charge is -2.20. The highest BCUT2D eigenvalue weighted by Gasteiger charge is 2.15. The Labute approximate surface area is 154 Å². The molecule has 0 spiro atoms. The Balaban J connectivity index is 1.62. The number of carbonyl (C=O) groups is 1. The summed E-state index contributed by atoms with van der Waals surface area (Å²) in [4.78, 5) is 18.5. The van der Waals surface area contributed by atoms with Crippen LogP contribution in [0.3, 0.4) is 0 Å². The van der Waals surface area contributed by atoms with Gasteiger partial charge in [0.2, 0.25) is 5.88 Å². The van der Waals surface area contributed by atoms with Crippen LogP contribution >= 0.6 is 0 Å². The number of urea groups is 1. The summed E-state index contributed by atoms with van der Waals surface area (Å²) in [6, 6.07) is 9.17. The number of pyridine rings is 1. The molecule has 138 valence electrons. The van der Waals surface area contributed by atoms with E-state index in [0.29, 0.717) is 23.1 Å². The summed E-state index contributed by atoms with van der Waals surface area (Å²) in [5.41, 5.74) is 1.75. The van der Waals surface area contributed by atoms with Crippen molar-refractivity contribution in [3.05, 3.63) is 42.1 Å². The monoisotopic (exact) mass is 355 g/mol. The molecular formula is C20H25N3O3. The van der Waals surface area contributed by atoms with E-state index in [1.165, 1.54) is 12.8 Å². The molecule has 0 radical (unpaired) electrons. The second-order valence-electron chi connectivity index (χ2n) is 6.47. The Morgan fingerprint density at radius 3 is 2.50 bits per heavy atom. The molecule has 0 aliphatic carbocycles. The summed E-state index contributed by atoms with van der Waals surface area (Å²) in [5.74, 6) is 1.71. The first-order valence-electron chi connectivity index (χ1n) is 9.00. The summed E-state index contributed by atoms with van der Waals surface area (Å²) < 4.78 is 11.1. The van der Waals surface area contributed by atoms with Crippen LogP contribution in [-0.2, 0) is 0 Å². The van der Waals surface area contributed by atoms with Crippen LogP contribution < -0.4 is 14.8 Å². The fourth-order valence-electron chi connectivity index (χ4n) is 2.96. The highest BCUT2D eigenvalue weighted by molar-refractivity contribution is 5.89. The lowest BCUT2D eigenvalue weighted by atomic mass is 10.2. The van der Waals surface area contributed by atoms with Crippen LogP contribution in [0.15, 0.2) is 36.5 Å². The maximum absolute atomic E-state index is 12.4. The fourth-order valence-corrected chi connectivity index (χ4v) is 2.96. The van der Waals surface area contributed by atoms with Gasteiger partial charge in [-0.05, 0) is 43.5 Å². The van der Waals surface area contributed by atoms with Crippen LogP contribution in [0.4, 0.5) is 10.5 Å². The van der Waals surface area contributed by atoms with E-state index in [4.69, 9.17) is 9.47 Å². The maximum Gasteiger partial charge on any atom is 0.321 e. The Morgan fingerprint density at radius 2 is 1.85 bits per heavy atom. The van der Waals surface area contributed by atoms with E-state index in [0.717, 1.165) is 31.5 Å². The number of likely N-dealkylation sites (tertiary alicyclic amines) is 1. The maximum atomic E-state index is 12.4. The molecule has 1 aromatic carbocycles. The molecule has 2 aromatic rings. The van der Waals surface area contributed by atoms with E-state index in [1.54, 1.807) is 25.4 Å². The summed E-state index contributed by atoms with van der Waals surface area (Å²) in [6.07, 6.45) is 6.12. The number of benzene rings is 1. The van der Waals surface area contributed by atoms with Gasteiger partial charge in [-0.25, -0.2) is 9.78 Å². The number of anilines is 1. The first-order valence-corrected chi connectivity index (χ1v) is 9.00. The minimum atomic E-state index is -0.0671. The number of nitrogens with one attached hydrogen (secondary N) is 1. The SMILES string of the molecule is COc1cc(C)ccc1Oc1ccc(NC(=O)N2CCCCCC2)cn1. The quantitative estimate of drug-likeness (QED) is 0.871. The van der Waals surface area contributed by atoms with Crippen molar-refractivity contribution < 1.29 is 14.3 Å². The number of nitrogens with zero attached hydrogens (tertiary/aromatic N) is 2. The second-order valence-corrected chi connectivity index (χ2v) is 6.47. The van der Waals surface area contributed by atoms with E-state index in [1.807, 2.05) is 30.0 Å². The highest BCUT2D eigenvalue weighted by Crippen LogP contribution is 2.31. The molecular weight excluding hydrogens is 330 g/mol. The third-order valence-electron chi connectivity index (χ3n) is 4.41. The number of hydrogen-bond donors (Lipinski definition) is 1. The summed E-state index contributed by atoms with van der Waals surface area (Å²) in [7, 11) is 1.61. The number of amides is 2. The van der Waals surface area contributed by atoms with Gasteiger partial charge in [-0.15, -0.1) is 0 Å². The van der Waals surface area contributed by atoms with E-state index in [2.05, 4.69) is 10.3 Å². The van der Waals surface area contributed by atoms with Gasteiger partial charge in [0.1, 0.15) is 0 Å². The molecule has 1 fully saturated rings. The van der Waals surface area contributed by atoms with Crippen LogP contribution in [0, 0.1) is 6.92 Å². The minimum Gasteiger partial charge on any atom is -0.493 e. The van der Waals surface area contributed by atoms with Gasteiger partial charge in [-0.3, -0.25) is 0 Å². The van der Waals surface area contributed by atoms with Crippen LogP contribution in [-0.4, -0.2) is 36.1 Å². The Bertz CT molecular complexity index is 738. The number of rotatable bonds is 4. The van der Waals surface area contributed by atoms with Crippen molar-refractivity contribution >= 4 is 11.7 Å². The Morgan fingerprint density at radius 1 is 1.08 bits per heavy atom. The van der Waals surface area contributed by atoms with Crippen molar-refractivity contribution in [3.63, 3.8) is 0 Å². The number of carbonyl (C=O) groups excluding carboxylic acids is 1.